The highest BCUT2D eigenvalue weighted by atomic mass is 15.1. The van der Waals surface area contributed by atoms with Crippen LogP contribution in [0.25, 0.3) is 22.3 Å². The molecular formula is C33H33N. The van der Waals surface area contributed by atoms with Crippen molar-refractivity contribution < 1.29 is 0 Å². The molecule has 2 aliphatic rings. The summed E-state index contributed by atoms with van der Waals surface area (Å²) in [4.78, 5) is 2.48. The van der Waals surface area contributed by atoms with Gasteiger partial charge in [0.15, 0.2) is 0 Å². The third-order valence-electron chi connectivity index (χ3n) is 8.18. The molecule has 6 rings (SSSR count). The van der Waals surface area contributed by atoms with Gasteiger partial charge in [-0.1, -0.05) is 77.9 Å². The lowest BCUT2D eigenvalue weighted by Crippen LogP contribution is -2.31. The maximum atomic E-state index is 2.51. The maximum absolute atomic E-state index is 2.51. The van der Waals surface area contributed by atoms with Crippen molar-refractivity contribution in [2.75, 3.05) is 18.0 Å². The Morgan fingerprint density at radius 3 is 1.79 bits per heavy atom. The second-order valence-corrected chi connectivity index (χ2v) is 10.2. The highest BCUT2D eigenvalue weighted by Gasteiger charge is 2.45. The number of aryl methyl sites for hydroxylation is 2. The Hall–Kier alpha value is -3.32. The van der Waals surface area contributed by atoms with Crippen LogP contribution in [0.4, 0.5) is 5.69 Å². The van der Waals surface area contributed by atoms with Crippen molar-refractivity contribution in [1.29, 1.82) is 0 Å². The molecule has 2 aliphatic carbocycles. The predicted molar refractivity (Wildman–Crippen MR) is 145 cm³/mol. The van der Waals surface area contributed by atoms with Crippen molar-refractivity contribution in [2.24, 2.45) is 0 Å². The van der Waals surface area contributed by atoms with Crippen LogP contribution in [0.3, 0.4) is 0 Å². The zero-order chi connectivity index (χ0) is 23.4. The molecule has 0 saturated carbocycles. The fraction of sp³-hybridized carbons (Fsp3) is 0.273. The highest BCUT2D eigenvalue weighted by molar-refractivity contribution is 5.85. The lowest BCUT2D eigenvalue weighted by atomic mass is 9.70. The first-order chi connectivity index (χ1) is 16.5. The second-order valence-electron chi connectivity index (χ2n) is 10.2. The van der Waals surface area contributed by atoms with E-state index in [1.54, 1.807) is 0 Å². The summed E-state index contributed by atoms with van der Waals surface area (Å²) in [6, 6.07) is 30.5. The van der Waals surface area contributed by atoms with Crippen LogP contribution in [-0.4, -0.2) is 13.1 Å². The minimum atomic E-state index is -0.0589. The Bertz CT molecular complexity index is 1350. The van der Waals surface area contributed by atoms with E-state index in [1.165, 1.54) is 61.3 Å². The Balaban J connectivity index is 1.67. The van der Waals surface area contributed by atoms with Gasteiger partial charge in [0.2, 0.25) is 0 Å². The van der Waals surface area contributed by atoms with Crippen molar-refractivity contribution >= 4 is 5.69 Å². The standard InChI is InChI=1S/C33H33N/c1-5-34(6-2)26-13-16-30-29-9-7-8-10-31(29)33(32(30)19-26)20-24-17-22(3)11-14-27(24)28-15-12-23(4)18-25(28)21-33/h7-19H,5-6,20-21H2,1-4H3. The summed E-state index contributed by atoms with van der Waals surface area (Å²) in [6.07, 6.45) is 2.06. The van der Waals surface area contributed by atoms with Crippen molar-refractivity contribution in [3.05, 3.63) is 112 Å². The number of benzene rings is 4. The molecule has 4 aromatic rings. The Labute approximate surface area is 204 Å². The third-order valence-corrected chi connectivity index (χ3v) is 8.18. The molecule has 0 saturated heterocycles. The normalized spacial score (nSPS) is 14.7. The molecule has 0 atom stereocenters. The Kier molecular flexibility index (Phi) is 4.92. The van der Waals surface area contributed by atoms with Crippen LogP contribution >= 0.6 is 0 Å². The van der Waals surface area contributed by atoms with Gasteiger partial charge in [0.05, 0.1) is 0 Å². The number of hydrogen-bond donors (Lipinski definition) is 0. The topological polar surface area (TPSA) is 3.24 Å². The van der Waals surface area contributed by atoms with E-state index in [2.05, 4.69) is 111 Å². The van der Waals surface area contributed by atoms with Gasteiger partial charge in [-0.05, 0) is 97.2 Å². The molecule has 0 amide bonds. The van der Waals surface area contributed by atoms with Gasteiger partial charge < -0.3 is 4.90 Å². The predicted octanol–water partition coefficient (Wildman–Crippen LogP) is 7.88. The molecule has 0 heterocycles. The van der Waals surface area contributed by atoms with E-state index in [-0.39, 0.29) is 5.41 Å². The summed E-state index contributed by atoms with van der Waals surface area (Å²) < 4.78 is 0. The minimum Gasteiger partial charge on any atom is -0.372 e. The van der Waals surface area contributed by atoms with Crippen molar-refractivity contribution in [2.45, 2.75) is 46.0 Å². The van der Waals surface area contributed by atoms with Crippen LogP contribution in [0.1, 0.15) is 47.2 Å². The van der Waals surface area contributed by atoms with Crippen molar-refractivity contribution in [1.82, 2.24) is 0 Å². The lowest BCUT2D eigenvalue weighted by Gasteiger charge is -2.33. The number of hydrogen-bond acceptors (Lipinski definition) is 1. The first-order valence-corrected chi connectivity index (χ1v) is 12.7. The number of anilines is 1. The van der Waals surface area contributed by atoms with Crippen LogP contribution in [-0.2, 0) is 18.3 Å². The summed E-state index contributed by atoms with van der Waals surface area (Å²) >= 11 is 0. The SMILES string of the molecule is CCN(CC)c1ccc2c(c1)C1(Cc3cc(C)ccc3-c3ccc(C)cc3C1)c1ccccc1-2. The molecule has 0 aliphatic heterocycles. The van der Waals surface area contributed by atoms with Crippen LogP contribution in [0.2, 0.25) is 0 Å². The van der Waals surface area contributed by atoms with E-state index in [0.717, 1.165) is 25.9 Å². The molecule has 0 unspecified atom stereocenters. The van der Waals surface area contributed by atoms with E-state index < -0.39 is 0 Å². The summed E-state index contributed by atoms with van der Waals surface area (Å²) in [6.45, 7) is 11.0. The summed E-state index contributed by atoms with van der Waals surface area (Å²) in [5.74, 6) is 0. The van der Waals surface area contributed by atoms with Crippen LogP contribution in [0.5, 0.6) is 0 Å². The quantitative estimate of drug-likeness (QED) is 0.311. The average molecular weight is 444 g/mol. The molecule has 1 heteroatoms. The van der Waals surface area contributed by atoms with Crippen molar-refractivity contribution in [3.8, 4) is 22.3 Å². The first kappa shape index (κ1) is 21.2. The summed E-state index contributed by atoms with van der Waals surface area (Å²) in [5.41, 5.74) is 15.5. The van der Waals surface area contributed by atoms with E-state index in [0.29, 0.717) is 0 Å². The van der Waals surface area contributed by atoms with E-state index in [4.69, 9.17) is 0 Å². The summed E-state index contributed by atoms with van der Waals surface area (Å²) in [5, 5.41) is 0. The molecule has 1 nitrogen and oxygen atoms in total. The van der Waals surface area contributed by atoms with Gasteiger partial charge in [0.1, 0.15) is 0 Å². The lowest BCUT2D eigenvalue weighted by molar-refractivity contribution is 0.525. The molecule has 170 valence electrons. The first-order valence-electron chi connectivity index (χ1n) is 12.7. The minimum absolute atomic E-state index is 0.0589. The largest absolute Gasteiger partial charge is 0.372 e. The molecule has 0 radical (unpaired) electrons. The molecule has 1 spiro atoms. The van der Waals surface area contributed by atoms with Gasteiger partial charge >= 0.3 is 0 Å². The zero-order valence-corrected chi connectivity index (χ0v) is 20.8. The molecule has 0 aromatic heterocycles. The second kappa shape index (κ2) is 7.87. The molecule has 4 aromatic carbocycles. The number of nitrogens with zero attached hydrogens (tertiary/aromatic N) is 1. The molecule has 0 N–H and O–H groups in total. The van der Waals surface area contributed by atoms with E-state index >= 15 is 0 Å². The highest BCUT2D eigenvalue weighted by Crippen LogP contribution is 2.55. The van der Waals surface area contributed by atoms with E-state index in [9.17, 15) is 0 Å². The summed E-state index contributed by atoms with van der Waals surface area (Å²) in [7, 11) is 0. The van der Waals surface area contributed by atoms with Gasteiger partial charge in [0.25, 0.3) is 0 Å². The average Bonchev–Trinajstić information content (AvgIpc) is 3.00. The molecular weight excluding hydrogens is 410 g/mol. The van der Waals surface area contributed by atoms with Gasteiger partial charge in [0, 0.05) is 24.2 Å². The van der Waals surface area contributed by atoms with Crippen molar-refractivity contribution in [3.63, 3.8) is 0 Å². The van der Waals surface area contributed by atoms with E-state index in [1.807, 2.05) is 0 Å². The van der Waals surface area contributed by atoms with Gasteiger partial charge in [-0.3, -0.25) is 0 Å². The number of fused-ring (bicyclic) bond motifs is 8. The Morgan fingerprint density at radius 1 is 0.618 bits per heavy atom. The van der Waals surface area contributed by atoms with Gasteiger partial charge in [-0.25, -0.2) is 0 Å². The monoisotopic (exact) mass is 443 g/mol. The van der Waals surface area contributed by atoms with Gasteiger partial charge in [-0.2, -0.15) is 0 Å². The number of rotatable bonds is 3. The van der Waals surface area contributed by atoms with Crippen LogP contribution in [0.15, 0.2) is 78.9 Å². The van der Waals surface area contributed by atoms with Gasteiger partial charge in [-0.15, -0.1) is 0 Å². The smallest absolute Gasteiger partial charge is 0.0369 e. The molecule has 0 fully saturated rings. The zero-order valence-electron chi connectivity index (χ0n) is 20.8. The Morgan fingerprint density at radius 2 is 1.18 bits per heavy atom. The fourth-order valence-electron chi connectivity index (χ4n) is 6.59. The van der Waals surface area contributed by atoms with Crippen LogP contribution in [0, 0.1) is 13.8 Å². The van der Waals surface area contributed by atoms with Crippen LogP contribution < -0.4 is 4.90 Å². The maximum Gasteiger partial charge on any atom is 0.0369 e. The fourth-order valence-corrected chi connectivity index (χ4v) is 6.59. The third kappa shape index (κ3) is 3.06. The molecule has 0 bridgehead atoms. The molecule has 34 heavy (non-hydrogen) atoms.